The molecule has 4 nitrogen and oxygen atoms in total. The van der Waals surface area contributed by atoms with Gasteiger partial charge >= 0.3 is 0 Å². The minimum absolute atomic E-state index is 0.00713. The number of methoxy groups -OCH3 is 1. The van der Waals surface area contributed by atoms with Gasteiger partial charge < -0.3 is 14.2 Å². The molecule has 2 saturated heterocycles. The molecule has 0 aliphatic carbocycles. The second kappa shape index (κ2) is 6.12. The fourth-order valence-corrected chi connectivity index (χ4v) is 3.19. The summed E-state index contributed by atoms with van der Waals surface area (Å²) in [5, 5.41) is 0. The highest BCUT2D eigenvalue weighted by Crippen LogP contribution is 2.36. The van der Waals surface area contributed by atoms with Crippen LogP contribution >= 0.6 is 0 Å². The zero-order chi connectivity index (χ0) is 13.8. The van der Waals surface area contributed by atoms with E-state index < -0.39 is 0 Å². The maximum Gasteiger partial charge on any atom is 0.125 e. The first kappa shape index (κ1) is 13.9. The third-order valence-electron chi connectivity index (χ3n) is 4.23. The van der Waals surface area contributed by atoms with Crippen molar-refractivity contribution in [1.82, 2.24) is 4.90 Å². The van der Waals surface area contributed by atoms with Gasteiger partial charge in [-0.15, -0.1) is 0 Å². The molecule has 1 spiro atoms. The van der Waals surface area contributed by atoms with Crippen LogP contribution in [-0.2, 0) is 9.47 Å². The maximum absolute atomic E-state index is 6.09. The summed E-state index contributed by atoms with van der Waals surface area (Å²) in [5.41, 5.74) is 0.00713. The minimum Gasteiger partial charge on any atom is -0.488 e. The Morgan fingerprint density at radius 2 is 2.20 bits per heavy atom. The minimum atomic E-state index is 0.00713. The van der Waals surface area contributed by atoms with Crippen LogP contribution in [0.25, 0.3) is 0 Å². The Morgan fingerprint density at radius 1 is 1.35 bits per heavy atom. The van der Waals surface area contributed by atoms with E-state index >= 15 is 0 Å². The zero-order valence-corrected chi connectivity index (χ0v) is 12.1. The highest BCUT2D eigenvalue weighted by Gasteiger charge is 2.46. The van der Waals surface area contributed by atoms with E-state index in [1.165, 1.54) is 0 Å². The Hall–Kier alpha value is -1.10. The number of ether oxygens (including phenoxy) is 3. The summed E-state index contributed by atoms with van der Waals surface area (Å²) < 4.78 is 17.2. The number of nitrogens with zero attached hydrogens (tertiary/aromatic N) is 1. The van der Waals surface area contributed by atoms with Crippen LogP contribution in [-0.4, -0.2) is 56.6 Å². The van der Waals surface area contributed by atoms with E-state index in [2.05, 4.69) is 4.90 Å². The van der Waals surface area contributed by atoms with Gasteiger partial charge in [-0.05, 0) is 18.6 Å². The quantitative estimate of drug-likeness (QED) is 0.823. The zero-order valence-electron chi connectivity index (χ0n) is 12.1. The molecule has 0 radical (unpaired) electrons. The third kappa shape index (κ3) is 3.14. The van der Waals surface area contributed by atoms with Gasteiger partial charge in [0.15, 0.2) is 0 Å². The van der Waals surface area contributed by atoms with Crippen LogP contribution in [0.2, 0.25) is 0 Å². The van der Waals surface area contributed by atoms with E-state index in [1.807, 2.05) is 30.3 Å². The lowest BCUT2D eigenvalue weighted by molar-refractivity contribution is 0.00837. The van der Waals surface area contributed by atoms with Crippen molar-refractivity contribution in [2.45, 2.75) is 24.5 Å². The van der Waals surface area contributed by atoms with E-state index in [1.54, 1.807) is 7.11 Å². The van der Waals surface area contributed by atoms with Crippen LogP contribution in [0.4, 0.5) is 0 Å². The highest BCUT2D eigenvalue weighted by atomic mass is 16.6. The molecule has 110 valence electrons. The second-order valence-electron chi connectivity index (χ2n) is 5.77. The predicted octanol–water partition coefficient (Wildman–Crippen LogP) is 1.95. The van der Waals surface area contributed by atoms with Crippen LogP contribution in [0.15, 0.2) is 30.3 Å². The van der Waals surface area contributed by atoms with E-state index in [0.717, 1.165) is 44.8 Å². The molecule has 2 fully saturated rings. The van der Waals surface area contributed by atoms with Crippen molar-refractivity contribution in [3.8, 4) is 5.75 Å². The summed E-state index contributed by atoms with van der Waals surface area (Å²) in [4.78, 5) is 2.42. The molecule has 0 saturated carbocycles. The van der Waals surface area contributed by atoms with Gasteiger partial charge in [0.1, 0.15) is 11.9 Å². The molecule has 1 aromatic carbocycles. The number of para-hydroxylation sites is 1. The van der Waals surface area contributed by atoms with Crippen LogP contribution in [0.3, 0.4) is 0 Å². The molecule has 2 aliphatic rings. The molecule has 0 amide bonds. The van der Waals surface area contributed by atoms with Gasteiger partial charge in [-0.3, -0.25) is 4.90 Å². The molecule has 4 heteroatoms. The van der Waals surface area contributed by atoms with E-state index in [9.17, 15) is 0 Å². The van der Waals surface area contributed by atoms with Gasteiger partial charge in [-0.2, -0.15) is 0 Å². The first-order chi connectivity index (χ1) is 9.80. The Morgan fingerprint density at radius 3 is 3.00 bits per heavy atom. The van der Waals surface area contributed by atoms with E-state index in [4.69, 9.17) is 14.2 Å². The largest absolute Gasteiger partial charge is 0.488 e. The van der Waals surface area contributed by atoms with Crippen LogP contribution in [0.5, 0.6) is 5.75 Å². The van der Waals surface area contributed by atoms with Gasteiger partial charge in [0.2, 0.25) is 0 Å². The van der Waals surface area contributed by atoms with E-state index in [-0.39, 0.29) is 11.7 Å². The lowest BCUT2D eigenvalue weighted by Crippen LogP contribution is -2.34. The van der Waals surface area contributed by atoms with Crippen molar-refractivity contribution in [2.24, 2.45) is 0 Å². The Kier molecular flexibility index (Phi) is 4.24. The normalized spacial score (nSPS) is 30.1. The first-order valence-corrected chi connectivity index (χ1v) is 7.37. The molecule has 0 aromatic heterocycles. The number of likely N-dealkylation sites (tertiary alicyclic amines) is 1. The summed E-state index contributed by atoms with van der Waals surface area (Å²) in [6.45, 7) is 4.59. The van der Waals surface area contributed by atoms with Gasteiger partial charge in [0, 0.05) is 33.2 Å². The molecule has 3 rings (SSSR count). The van der Waals surface area contributed by atoms with Gasteiger partial charge in [0.05, 0.1) is 18.8 Å². The summed E-state index contributed by atoms with van der Waals surface area (Å²) in [5.74, 6) is 0.937. The van der Waals surface area contributed by atoms with Crippen molar-refractivity contribution in [2.75, 3.05) is 40.0 Å². The molecule has 0 unspecified atom stereocenters. The number of rotatable bonds is 5. The number of benzene rings is 1. The summed E-state index contributed by atoms with van der Waals surface area (Å²) in [6.07, 6.45) is 2.27. The van der Waals surface area contributed by atoms with E-state index in [0.29, 0.717) is 6.61 Å². The average Bonchev–Trinajstić information content (AvgIpc) is 3.05. The Labute approximate surface area is 120 Å². The van der Waals surface area contributed by atoms with Crippen molar-refractivity contribution in [3.63, 3.8) is 0 Å². The average molecular weight is 277 g/mol. The Bertz CT molecular complexity index is 425. The van der Waals surface area contributed by atoms with Crippen LogP contribution < -0.4 is 4.74 Å². The van der Waals surface area contributed by atoms with Crippen molar-refractivity contribution >= 4 is 0 Å². The molecule has 0 bridgehead atoms. The third-order valence-corrected chi connectivity index (χ3v) is 4.23. The molecule has 2 atom stereocenters. The van der Waals surface area contributed by atoms with Gasteiger partial charge in [-0.1, -0.05) is 18.2 Å². The van der Waals surface area contributed by atoms with Crippen molar-refractivity contribution in [3.05, 3.63) is 30.3 Å². The number of hydrogen-bond acceptors (Lipinski definition) is 4. The molecule has 2 heterocycles. The lowest BCUT2D eigenvalue weighted by atomic mass is 9.98. The monoisotopic (exact) mass is 277 g/mol. The standard InChI is InChI=1S/C16H23NO3/c1-18-10-9-17-8-7-16(13-17)11-15(12-19-16)20-14-5-3-2-4-6-14/h2-6,15H,7-13H2,1H3/t15-,16+/m1/s1. The maximum atomic E-state index is 6.09. The molecule has 0 N–H and O–H groups in total. The smallest absolute Gasteiger partial charge is 0.125 e. The molecular weight excluding hydrogens is 254 g/mol. The SMILES string of the molecule is COCCN1CC[C@]2(C[C@@H](Oc3ccccc3)CO2)C1. The fraction of sp³-hybridized carbons (Fsp3) is 0.625. The summed E-state index contributed by atoms with van der Waals surface area (Å²) >= 11 is 0. The summed E-state index contributed by atoms with van der Waals surface area (Å²) in [7, 11) is 1.75. The van der Waals surface area contributed by atoms with Crippen LogP contribution in [0.1, 0.15) is 12.8 Å². The van der Waals surface area contributed by atoms with Crippen molar-refractivity contribution in [1.29, 1.82) is 0 Å². The Balaban J connectivity index is 1.52. The van der Waals surface area contributed by atoms with Crippen LogP contribution in [0, 0.1) is 0 Å². The molecular formula is C16H23NO3. The summed E-state index contributed by atoms with van der Waals surface area (Å²) in [6, 6.07) is 10.0. The predicted molar refractivity (Wildman–Crippen MR) is 77.1 cm³/mol. The number of hydrogen-bond donors (Lipinski definition) is 0. The molecule has 2 aliphatic heterocycles. The molecule has 1 aromatic rings. The van der Waals surface area contributed by atoms with Crippen molar-refractivity contribution < 1.29 is 14.2 Å². The second-order valence-corrected chi connectivity index (χ2v) is 5.77. The fourth-order valence-electron chi connectivity index (χ4n) is 3.19. The van der Waals surface area contributed by atoms with Gasteiger partial charge in [0.25, 0.3) is 0 Å². The highest BCUT2D eigenvalue weighted by molar-refractivity contribution is 5.21. The first-order valence-electron chi connectivity index (χ1n) is 7.37. The topological polar surface area (TPSA) is 30.9 Å². The van der Waals surface area contributed by atoms with Gasteiger partial charge in [-0.25, -0.2) is 0 Å². The molecule has 20 heavy (non-hydrogen) atoms. The lowest BCUT2D eigenvalue weighted by Gasteiger charge is -2.23.